The van der Waals surface area contributed by atoms with Crippen molar-refractivity contribution >= 4 is 17.5 Å². The summed E-state index contributed by atoms with van der Waals surface area (Å²) in [6.45, 7) is -0.719. The highest BCUT2D eigenvalue weighted by Gasteiger charge is 2.39. The standard InChI is InChI=1S/C28H29ClF3N7O3/c29-20-12-10-19(11-13-20)25-36-38(27(42)37(25)15-23(40)28(30,31)32)16-24-34-17-39(35-24)22-9-5-4-8-21(22)26(41)33-14-18-6-2-1-3-7-18/h4-5,8-13,17-18,23,40H,1-3,6-7,14-16H2,(H,33,41). The summed E-state index contributed by atoms with van der Waals surface area (Å²) >= 11 is 5.94. The van der Waals surface area contributed by atoms with Crippen LogP contribution in [0.3, 0.4) is 0 Å². The number of carbonyl (C=O) groups is 1. The minimum atomic E-state index is -4.94. The highest BCUT2D eigenvalue weighted by molar-refractivity contribution is 6.30. The van der Waals surface area contributed by atoms with Gasteiger partial charge in [-0.1, -0.05) is 43.0 Å². The number of para-hydroxylation sites is 1. The highest BCUT2D eigenvalue weighted by Crippen LogP contribution is 2.25. The number of nitrogens with zero attached hydrogens (tertiary/aromatic N) is 6. The zero-order valence-electron chi connectivity index (χ0n) is 22.5. The van der Waals surface area contributed by atoms with Crippen molar-refractivity contribution in [1.82, 2.24) is 34.4 Å². The number of aliphatic hydroxyl groups excluding tert-OH is 1. The maximum atomic E-state index is 13.2. The number of benzene rings is 2. The maximum absolute atomic E-state index is 13.2. The van der Waals surface area contributed by atoms with Gasteiger partial charge in [0, 0.05) is 17.1 Å². The summed E-state index contributed by atoms with van der Waals surface area (Å²) in [5.74, 6) is 0.276. The zero-order chi connectivity index (χ0) is 29.9. The largest absolute Gasteiger partial charge is 0.416 e. The van der Waals surface area contributed by atoms with E-state index in [0.717, 1.165) is 22.1 Å². The normalized spacial score (nSPS) is 15.1. The van der Waals surface area contributed by atoms with Crippen molar-refractivity contribution in [1.29, 1.82) is 0 Å². The van der Waals surface area contributed by atoms with Crippen molar-refractivity contribution in [3.8, 4) is 17.1 Å². The van der Waals surface area contributed by atoms with Gasteiger partial charge in [-0.2, -0.15) is 13.2 Å². The molecule has 1 saturated carbocycles. The van der Waals surface area contributed by atoms with Gasteiger partial charge in [-0.3, -0.25) is 9.36 Å². The molecule has 1 amide bonds. The van der Waals surface area contributed by atoms with Crippen molar-refractivity contribution < 1.29 is 23.1 Å². The summed E-state index contributed by atoms with van der Waals surface area (Å²) in [6.07, 6.45) is -0.567. The molecule has 2 N–H and O–H groups in total. The van der Waals surface area contributed by atoms with Gasteiger partial charge in [0.2, 0.25) is 0 Å². The Morgan fingerprint density at radius 2 is 1.79 bits per heavy atom. The van der Waals surface area contributed by atoms with Crippen LogP contribution < -0.4 is 11.0 Å². The van der Waals surface area contributed by atoms with E-state index in [1.807, 2.05) is 0 Å². The van der Waals surface area contributed by atoms with Gasteiger partial charge in [-0.25, -0.2) is 19.1 Å². The summed E-state index contributed by atoms with van der Waals surface area (Å²) in [6, 6.07) is 12.9. The molecule has 2 aromatic heterocycles. The fourth-order valence-corrected chi connectivity index (χ4v) is 5.13. The molecular formula is C28H29ClF3N7O3. The molecule has 2 heterocycles. The number of hydrogen-bond acceptors (Lipinski definition) is 6. The van der Waals surface area contributed by atoms with Gasteiger partial charge < -0.3 is 10.4 Å². The number of aliphatic hydroxyl groups is 1. The van der Waals surface area contributed by atoms with Gasteiger partial charge >= 0.3 is 11.9 Å². The monoisotopic (exact) mass is 603 g/mol. The summed E-state index contributed by atoms with van der Waals surface area (Å²) in [7, 11) is 0. The molecule has 1 fully saturated rings. The number of hydrogen-bond donors (Lipinski definition) is 2. The SMILES string of the molecule is O=C(NCC1CCCCC1)c1ccccc1-n1cnc(Cn2nc(-c3ccc(Cl)cc3)n(CC(O)C(F)(F)F)c2=O)n1. The van der Waals surface area contributed by atoms with E-state index in [4.69, 9.17) is 11.6 Å². The third-order valence-corrected chi connectivity index (χ3v) is 7.51. The lowest BCUT2D eigenvalue weighted by molar-refractivity contribution is -0.207. The van der Waals surface area contributed by atoms with E-state index in [1.165, 1.54) is 54.5 Å². The van der Waals surface area contributed by atoms with Crippen LogP contribution in [0.5, 0.6) is 0 Å². The van der Waals surface area contributed by atoms with E-state index >= 15 is 0 Å². The molecule has 2 aromatic carbocycles. The Morgan fingerprint density at radius 1 is 1.07 bits per heavy atom. The quantitative estimate of drug-likeness (QED) is 0.296. The van der Waals surface area contributed by atoms with E-state index in [-0.39, 0.29) is 24.1 Å². The van der Waals surface area contributed by atoms with Crippen LogP contribution >= 0.6 is 11.6 Å². The van der Waals surface area contributed by atoms with Crippen LogP contribution in [0, 0.1) is 5.92 Å². The molecule has 0 saturated heterocycles. The first-order valence-corrected chi connectivity index (χ1v) is 13.9. The summed E-state index contributed by atoms with van der Waals surface area (Å²) in [4.78, 5) is 30.4. The minimum Gasteiger partial charge on any atom is -0.382 e. The lowest BCUT2D eigenvalue weighted by Gasteiger charge is -2.22. The number of halogens is 4. The third-order valence-electron chi connectivity index (χ3n) is 7.26. The molecule has 1 atom stereocenters. The van der Waals surface area contributed by atoms with E-state index < -0.39 is 24.5 Å². The second-order valence-corrected chi connectivity index (χ2v) is 10.7. The molecule has 4 aromatic rings. The topological polar surface area (TPSA) is 120 Å². The van der Waals surface area contributed by atoms with E-state index in [2.05, 4.69) is 20.5 Å². The van der Waals surface area contributed by atoms with Gasteiger partial charge in [0.05, 0.1) is 17.8 Å². The van der Waals surface area contributed by atoms with Crippen LogP contribution in [0.1, 0.15) is 48.3 Å². The molecule has 5 rings (SSSR count). The van der Waals surface area contributed by atoms with Gasteiger partial charge in [0.15, 0.2) is 17.8 Å². The second-order valence-electron chi connectivity index (χ2n) is 10.3. The van der Waals surface area contributed by atoms with Crippen molar-refractivity contribution in [3.63, 3.8) is 0 Å². The lowest BCUT2D eigenvalue weighted by Crippen LogP contribution is -2.37. The second kappa shape index (κ2) is 12.5. The zero-order valence-corrected chi connectivity index (χ0v) is 23.2. The number of rotatable bonds is 9. The fourth-order valence-electron chi connectivity index (χ4n) is 5.01. The van der Waals surface area contributed by atoms with Crippen LogP contribution in [-0.4, -0.2) is 59.0 Å². The van der Waals surface area contributed by atoms with Crippen molar-refractivity contribution in [3.05, 3.63) is 81.8 Å². The first kappa shape index (κ1) is 29.5. The molecule has 222 valence electrons. The van der Waals surface area contributed by atoms with E-state index in [1.54, 1.807) is 24.3 Å². The predicted molar refractivity (Wildman–Crippen MR) is 148 cm³/mol. The Bertz CT molecular complexity index is 1590. The Morgan fingerprint density at radius 3 is 2.50 bits per heavy atom. The molecule has 0 spiro atoms. The van der Waals surface area contributed by atoms with Gasteiger partial charge in [-0.15, -0.1) is 10.2 Å². The Hall–Kier alpha value is -3.97. The highest BCUT2D eigenvalue weighted by atomic mass is 35.5. The first-order chi connectivity index (χ1) is 20.1. The molecule has 42 heavy (non-hydrogen) atoms. The molecule has 14 heteroatoms. The van der Waals surface area contributed by atoms with Crippen LogP contribution in [0.4, 0.5) is 13.2 Å². The molecule has 1 aliphatic rings. The summed E-state index contributed by atoms with van der Waals surface area (Å²) < 4.78 is 42.5. The van der Waals surface area contributed by atoms with Crippen molar-refractivity contribution in [2.24, 2.45) is 5.92 Å². The molecule has 10 nitrogen and oxygen atoms in total. The molecule has 1 unspecified atom stereocenters. The first-order valence-electron chi connectivity index (χ1n) is 13.6. The van der Waals surface area contributed by atoms with Crippen LogP contribution in [0.2, 0.25) is 5.02 Å². The Kier molecular flexibility index (Phi) is 8.78. The molecular weight excluding hydrogens is 575 g/mol. The van der Waals surface area contributed by atoms with Gasteiger partial charge in [0.25, 0.3) is 5.91 Å². The Balaban J connectivity index is 1.39. The third kappa shape index (κ3) is 6.73. The minimum absolute atomic E-state index is 0.0839. The van der Waals surface area contributed by atoms with Crippen molar-refractivity contribution in [2.75, 3.05) is 6.54 Å². The maximum Gasteiger partial charge on any atom is 0.416 e. The van der Waals surface area contributed by atoms with Crippen molar-refractivity contribution in [2.45, 2.75) is 57.5 Å². The average Bonchev–Trinajstić information content (AvgIpc) is 3.57. The fraction of sp³-hybridized carbons (Fsp3) is 0.393. The summed E-state index contributed by atoms with van der Waals surface area (Å²) in [5, 5.41) is 21.7. The summed E-state index contributed by atoms with van der Waals surface area (Å²) in [5.41, 5.74) is 0.321. The average molecular weight is 604 g/mol. The number of amides is 1. The Labute approximate surface area is 243 Å². The molecule has 1 aliphatic carbocycles. The smallest absolute Gasteiger partial charge is 0.382 e. The van der Waals surface area contributed by atoms with E-state index in [9.17, 15) is 27.9 Å². The molecule has 0 aliphatic heterocycles. The number of nitrogens with one attached hydrogen (secondary N) is 1. The number of carbonyl (C=O) groups excluding carboxylic acids is 1. The van der Waals surface area contributed by atoms with Gasteiger partial charge in [0.1, 0.15) is 12.9 Å². The predicted octanol–water partition coefficient (Wildman–Crippen LogP) is 4.23. The van der Waals surface area contributed by atoms with E-state index in [0.29, 0.717) is 34.3 Å². The van der Waals surface area contributed by atoms with Gasteiger partial charge in [-0.05, 0) is 55.2 Å². The van der Waals surface area contributed by atoms with Crippen LogP contribution in [0.25, 0.3) is 17.1 Å². The van der Waals surface area contributed by atoms with Crippen LogP contribution in [0.15, 0.2) is 59.7 Å². The molecule has 0 bridgehead atoms. The van der Waals surface area contributed by atoms with Crippen LogP contribution in [-0.2, 0) is 13.1 Å². The number of alkyl halides is 3. The lowest BCUT2D eigenvalue weighted by atomic mass is 9.89. The number of aromatic nitrogens is 6. The molecule has 0 radical (unpaired) electrons.